The Hall–Kier alpha value is -2.36. The Morgan fingerprint density at radius 1 is 1.35 bits per heavy atom. The smallest absolute Gasteiger partial charge is 0.260 e. The van der Waals surface area contributed by atoms with Crippen molar-refractivity contribution in [2.75, 3.05) is 23.8 Å². The standard InChI is InChI=1S/C16H19N3O/c1-4-18-15-10-12(2)7-8-14(15)16(20)19(3)13-6-5-9-17-11-13/h5-11,18H,4H2,1-3H3. The van der Waals surface area contributed by atoms with E-state index in [9.17, 15) is 4.79 Å². The maximum atomic E-state index is 12.6. The number of carbonyl (C=O) groups excluding carboxylic acids is 1. The molecule has 0 saturated carbocycles. The zero-order valence-corrected chi connectivity index (χ0v) is 12.1. The van der Waals surface area contributed by atoms with Gasteiger partial charge in [-0.25, -0.2) is 0 Å². The van der Waals surface area contributed by atoms with Crippen LogP contribution in [0.2, 0.25) is 0 Å². The monoisotopic (exact) mass is 269 g/mol. The lowest BCUT2D eigenvalue weighted by atomic mass is 10.1. The van der Waals surface area contributed by atoms with Crippen LogP contribution in [-0.4, -0.2) is 24.5 Å². The molecule has 2 aromatic rings. The van der Waals surface area contributed by atoms with E-state index in [-0.39, 0.29) is 5.91 Å². The Balaban J connectivity index is 2.33. The van der Waals surface area contributed by atoms with Crippen LogP contribution in [0, 0.1) is 6.92 Å². The molecular weight excluding hydrogens is 250 g/mol. The molecule has 1 amide bonds. The average Bonchev–Trinajstić information content (AvgIpc) is 2.47. The number of rotatable bonds is 4. The number of nitrogens with zero attached hydrogens (tertiary/aromatic N) is 2. The molecule has 1 aromatic carbocycles. The van der Waals surface area contributed by atoms with Gasteiger partial charge in [0.25, 0.3) is 5.91 Å². The fourth-order valence-electron chi connectivity index (χ4n) is 2.03. The van der Waals surface area contributed by atoms with Crippen LogP contribution in [0.3, 0.4) is 0 Å². The van der Waals surface area contributed by atoms with Gasteiger partial charge in [-0.15, -0.1) is 0 Å². The molecule has 1 N–H and O–H groups in total. The van der Waals surface area contributed by atoms with Gasteiger partial charge >= 0.3 is 0 Å². The fourth-order valence-corrected chi connectivity index (χ4v) is 2.03. The number of hydrogen-bond donors (Lipinski definition) is 1. The number of nitrogens with one attached hydrogen (secondary N) is 1. The van der Waals surface area contributed by atoms with Gasteiger partial charge in [-0.1, -0.05) is 6.07 Å². The summed E-state index contributed by atoms with van der Waals surface area (Å²) in [5.41, 5.74) is 3.44. The van der Waals surface area contributed by atoms with Gasteiger partial charge in [-0.05, 0) is 43.7 Å². The van der Waals surface area contributed by atoms with Crippen LogP contribution in [0.15, 0.2) is 42.7 Å². The molecule has 4 nitrogen and oxygen atoms in total. The second-order valence-corrected chi connectivity index (χ2v) is 4.65. The SMILES string of the molecule is CCNc1cc(C)ccc1C(=O)N(C)c1cccnc1. The Morgan fingerprint density at radius 2 is 2.15 bits per heavy atom. The van der Waals surface area contributed by atoms with Crippen LogP contribution in [0.4, 0.5) is 11.4 Å². The van der Waals surface area contributed by atoms with Crippen LogP contribution < -0.4 is 10.2 Å². The van der Waals surface area contributed by atoms with Crippen LogP contribution in [0.25, 0.3) is 0 Å². The normalized spacial score (nSPS) is 10.2. The van der Waals surface area contributed by atoms with Crippen molar-refractivity contribution in [2.45, 2.75) is 13.8 Å². The molecule has 0 atom stereocenters. The molecule has 0 spiro atoms. The Morgan fingerprint density at radius 3 is 2.80 bits per heavy atom. The first-order chi connectivity index (χ1) is 9.63. The topological polar surface area (TPSA) is 45.2 Å². The predicted octanol–water partition coefficient (Wildman–Crippen LogP) is 3.10. The van der Waals surface area contributed by atoms with E-state index in [4.69, 9.17) is 0 Å². The molecule has 0 aliphatic carbocycles. The van der Waals surface area contributed by atoms with Gasteiger partial charge in [0.2, 0.25) is 0 Å². The minimum atomic E-state index is -0.0473. The van der Waals surface area contributed by atoms with Crippen LogP contribution in [0.5, 0.6) is 0 Å². The molecule has 104 valence electrons. The summed E-state index contributed by atoms with van der Waals surface area (Å²) in [6.07, 6.45) is 3.37. The Labute approximate surface area is 119 Å². The molecule has 0 aliphatic heterocycles. The van der Waals surface area contributed by atoms with Gasteiger partial charge in [0.15, 0.2) is 0 Å². The van der Waals surface area contributed by atoms with Crippen LogP contribution in [0.1, 0.15) is 22.8 Å². The van der Waals surface area contributed by atoms with E-state index >= 15 is 0 Å². The third-order valence-corrected chi connectivity index (χ3v) is 3.11. The molecule has 0 fully saturated rings. The van der Waals surface area contributed by atoms with Crippen molar-refractivity contribution in [2.24, 2.45) is 0 Å². The third kappa shape index (κ3) is 2.96. The minimum Gasteiger partial charge on any atom is -0.385 e. The average molecular weight is 269 g/mol. The second-order valence-electron chi connectivity index (χ2n) is 4.65. The van der Waals surface area contributed by atoms with E-state index in [1.165, 1.54) is 0 Å². The van der Waals surface area contributed by atoms with E-state index in [0.29, 0.717) is 5.56 Å². The summed E-state index contributed by atoms with van der Waals surface area (Å²) in [6, 6.07) is 9.49. The minimum absolute atomic E-state index is 0.0473. The third-order valence-electron chi connectivity index (χ3n) is 3.11. The van der Waals surface area contributed by atoms with Gasteiger partial charge in [0, 0.05) is 25.5 Å². The summed E-state index contributed by atoms with van der Waals surface area (Å²) < 4.78 is 0. The first kappa shape index (κ1) is 14.1. The van der Waals surface area contributed by atoms with Gasteiger partial charge in [0.05, 0.1) is 17.4 Å². The highest BCUT2D eigenvalue weighted by molar-refractivity contribution is 6.09. The van der Waals surface area contributed by atoms with Crippen molar-refractivity contribution >= 4 is 17.3 Å². The number of anilines is 2. The van der Waals surface area contributed by atoms with Gasteiger partial charge in [-0.2, -0.15) is 0 Å². The number of amides is 1. The lowest BCUT2D eigenvalue weighted by molar-refractivity contribution is 0.0993. The Kier molecular flexibility index (Phi) is 4.35. The van der Waals surface area contributed by atoms with E-state index in [1.54, 1.807) is 24.3 Å². The second kappa shape index (κ2) is 6.19. The van der Waals surface area contributed by atoms with Crippen molar-refractivity contribution in [1.29, 1.82) is 0 Å². The van der Waals surface area contributed by atoms with E-state index in [0.717, 1.165) is 23.5 Å². The highest BCUT2D eigenvalue weighted by Crippen LogP contribution is 2.21. The highest BCUT2D eigenvalue weighted by atomic mass is 16.2. The van der Waals surface area contributed by atoms with Crippen molar-refractivity contribution in [1.82, 2.24) is 4.98 Å². The van der Waals surface area contributed by atoms with E-state index in [2.05, 4.69) is 10.3 Å². The van der Waals surface area contributed by atoms with Crippen molar-refractivity contribution < 1.29 is 4.79 Å². The molecule has 4 heteroatoms. The van der Waals surface area contributed by atoms with Crippen molar-refractivity contribution in [3.8, 4) is 0 Å². The number of aryl methyl sites for hydroxylation is 1. The molecule has 0 saturated heterocycles. The number of hydrogen-bond acceptors (Lipinski definition) is 3. The summed E-state index contributed by atoms with van der Waals surface area (Å²) in [4.78, 5) is 18.3. The summed E-state index contributed by atoms with van der Waals surface area (Å²) in [5.74, 6) is -0.0473. The fraction of sp³-hybridized carbons (Fsp3) is 0.250. The summed E-state index contributed by atoms with van der Waals surface area (Å²) in [5, 5.41) is 3.24. The first-order valence-electron chi connectivity index (χ1n) is 6.66. The van der Waals surface area contributed by atoms with Gasteiger partial charge in [0.1, 0.15) is 0 Å². The van der Waals surface area contributed by atoms with Crippen LogP contribution >= 0.6 is 0 Å². The number of aromatic nitrogens is 1. The molecule has 0 bridgehead atoms. The highest BCUT2D eigenvalue weighted by Gasteiger charge is 2.17. The lowest BCUT2D eigenvalue weighted by Gasteiger charge is -2.19. The van der Waals surface area contributed by atoms with Gasteiger partial charge in [-0.3, -0.25) is 9.78 Å². The summed E-state index contributed by atoms with van der Waals surface area (Å²) >= 11 is 0. The quantitative estimate of drug-likeness (QED) is 0.927. The zero-order chi connectivity index (χ0) is 14.5. The Bertz CT molecular complexity index is 596. The summed E-state index contributed by atoms with van der Waals surface area (Å²) in [7, 11) is 1.76. The van der Waals surface area contributed by atoms with E-state index in [1.807, 2.05) is 44.2 Å². The number of benzene rings is 1. The van der Waals surface area contributed by atoms with Crippen molar-refractivity contribution in [3.63, 3.8) is 0 Å². The molecule has 0 aliphatic rings. The molecule has 2 rings (SSSR count). The molecule has 0 radical (unpaired) electrons. The predicted molar refractivity (Wildman–Crippen MR) is 82.3 cm³/mol. The maximum Gasteiger partial charge on any atom is 0.260 e. The molecule has 1 heterocycles. The molecule has 1 aromatic heterocycles. The number of carbonyl (C=O) groups is 1. The molecule has 0 unspecified atom stereocenters. The molecular formula is C16H19N3O. The first-order valence-corrected chi connectivity index (χ1v) is 6.66. The largest absolute Gasteiger partial charge is 0.385 e. The summed E-state index contributed by atoms with van der Waals surface area (Å²) in [6.45, 7) is 4.81. The van der Waals surface area contributed by atoms with E-state index < -0.39 is 0 Å². The zero-order valence-electron chi connectivity index (χ0n) is 12.1. The van der Waals surface area contributed by atoms with Crippen molar-refractivity contribution in [3.05, 3.63) is 53.9 Å². The number of pyridine rings is 1. The van der Waals surface area contributed by atoms with Gasteiger partial charge < -0.3 is 10.2 Å². The molecule has 20 heavy (non-hydrogen) atoms. The van der Waals surface area contributed by atoms with Crippen LogP contribution in [-0.2, 0) is 0 Å². The lowest BCUT2D eigenvalue weighted by Crippen LogP contribution is -2.27. The maximum absolute atomic E-state index is 12.6.